The molecule has 0 fully saturated rings. The zero-order valence-electron chi connectivity index (χ0n) is 8.73. The average molecular weight is 228 g/mol. The number of carboxylic acid groups (broad SMARTS) is 1. The number of carbonyl (C=O) groups excluding carboxylic acids is 1. The number of aromatic nitrogens is 1. The topological polar surface area (TPSA) is 79.3 Å². The molecule has 0 amide bonds. The monoisotopic (exact) mass is 228 g/mol. The van der Waals surface area contributed by atoms with Crippen LogP contribution in [0.4, 0.5) is 5.69 Å². The zero-order valence-corrected chi connectivity index (χ0v) is 8.73. The fourth-order valence-electron chi connectivity index (χ4n) is 2.04. The van der Waals surface area contributed by atoms with E-state index in [1.54, 1.807) is 18.2 Å². The second kappa shape index (κ2) is 3.28. The van der Waals surface area contributed by atoms with Crippen molar-refractivity contribution in [3.05, 3.63) is 35.5 Å². The highest BCUT2D eigenvalue weighted by Crippen LogP contribution is 2.30. The Morgan fingerprint density at radius 1 is 1.41 bits per heavy atom. The van der Waals surface area contributed by atoms with Gasteiger partial charge < -0.3 is 10.4 Å². The van der Waals surface area contributed by atoms with E-state index in [0.29, 0.717) is 22.2 Å². The fraction of sp³-hybridized carbons (Fsp3) is 0.0833. The van der Waals surface area contributed by atoms with Crippen molar-refractivity contribution in [2.24, 2.45) is 0 Å². The average Bonchev–Trinajstić information content (AvgIpc) is 2.33. The van der Waals surface area contributed by atoms with Gasteiger partial charge >= 0.3 is 5.97 Å². The lowest BCUT2D eigenvalue weighted by Gasteiger charge is -2.17. The number of anilines is 1. The van der Waals surface area contributed by atoms with Crippen molar-refractivity contribution in [2.75, 3.05) is 11.9 Å². The molecule has 2 aromatic rings. The Morgan fingerprint density at radius 3 is 3.00 bits per heavy atom. The first kappa shape index (κ1) is 9.77. The van der Waals surface area contributed by atoms with E-state index in [1.165, 1.54) is 6.07 Å². The molecule has 0 aliphatic carbocycles. The number of nitrogens with zero attached hydrogens (tertiary/aromatic N) is 1. The predicted octanol–water partition coefficient (Wildman–Crippen LogP) is 1.54. The molecule has 1 aliphatic heterocycles. The molecule has 0 saturated carbocycles. The highest BCUT2D eigenvalue weighted by Gasteiger charge is 2.21. The molecule has 2 N–H and O–H groups in total. The smallest absolute Gasteiger partial charge is 0.354 e. The summed E-state index contributed by atoms with van der Waals surface area (Å²) in [4.78, 5) is 26.6. The fourth-order valence-corrected chi connectivity index (χ4v) is 2.04. The van der Waals surface area contributed by atoms with Gasteiger partial charge in [-0.15, -0.1) is 0 Å². The van der Waals surface area contributed by atoms with Gasteiger partial charge in [0.2, 0.25) is 0 Å². The van der Waals surface area contributed by atoms with Gasteiger partial charge in [-0.1, -0.05) is 12.1 Å². The maximum Gasteiger partial charge on any atom is 0.354 e. The van der Waals surface area contributed by atoms with Crippen LogP contribution in [0.2, 0.25) is 0 Å². The molecule has 84 valence electrons. The molecule has 1 aliphatic rings. The molecule has 1 aromatic heterocycles. The molecule has 2 heterocycles. The molecule has 0 spiro atoms. The molecular formula is C12H8N2O3. The van der Waals surface area contributed by atoms with Crippen LogP contribution in [0.15, 0.2) is 24.3 Å². The lowest BCUT2D eigenvalue weighted by atomic mass is 9.99. The minimum Gasteiger partial charge on any atom is -0.477 e. The normalized spacial score (nSPS) is 13.5. The minimum atomic E-state index is -1.08. The Bertz CT molecular complexity index is 664. The third-order valence-corrected chi connectivity index (χ3v) is 2.79. The molecule has 17 heavy (non-hydrogen) atoms. The summed E-state index contributed by atoms with van der Waals surface area (Å²) in [6, 6.07) is 6.61. The molecule has 5 heteroatoms. The van der Waals surface area contributed by atoms with Crippen LogP contribution in [0.5, 0.6) is 0 Å². The van der Waals surface area contributed by atoms with Crippen molar-refractivity contribution in [2.45, 2.75) is 0 Å². The third-order valence-electron chi connectivity index (χ3n) is 2.79. The standard InChI is InChI=1S/C12H8N2O3/c15-10-5-13-8-4-9(12(16)17)14-7-3-1-2-6(10)11(7)8/h1-4,13H,5H2,(H,16,17). The molecular weight excluding hydrogens is 220 g/mol. The number of hydrogen-bond donors (Lipinski definition) is 2. The number of pyridine rings is 1. The Labute approximate surface area is 96.1 Å². The molecule has 0 unspecified atom stereocenters. The van der Waals surface area contributed by atoms with E-state index >= 15 is 0 Å². The van der Waals surface area contributed by atoms with Gasteiger partial charge in [-0.25, -0.2) is 9.78 Å². The summed E-state index contributed by atoms with van der Waals surface area (Å²) in [5, 5.41) is 12.6. The summed E-state index contributed by atoms with van der Waals surface area (Å²) >= 11 is 0. The lowest BCUT2D eigenvalue weighted by Crippen LogP contribution is -2.20. The van der Waals surface area contributed by atoms with E-state index in [-0.39, 0.29) is 18.0 Å². The molecule has 3 rings (SSSR count). The van der Waals surface area contributed by atoms with E-state index in [2.05, 4.69) is 10.3 Å². The van der Waals surface area contributed by atoms with Crippen LogP contribution in [-0.2, 0) is 0 Å². The maximum atomic E-state index is 11.7. The second-order valence-electron chi connectivity index (χ2n) is 3.84. The number of aromatic carboxylic acids is 1. The molecule has 0 atom stereocenters. The van der Waals surface area contributed by atoms with E-state index in [0.717, 1.165) is 0 Å². The molecule has 0 bridgehead atoms. The van der Waals surface area contributed by atoms with Gasteiger partial charge in [0.15, 0.2) is 11.5 Å². The van der Waals surface area contributed by atoms with Crippen LogP contribution in [0.25, 0.3) is 10.9 Å². The third kappa shape index (κ3) is 1.36. The number of ketones is 1. The molecule has 0 radical (unpaired) electrons. The largest absolute Gasteiger partial charge is 0.477 e. The first-order valence-corrected chi connectivity index (χ1v) is 5.11. The zero-order chi connectivity index (χ0) is 12.0. The van der Waals surface area contributed by atoms with Gasteiger partial charge in [-0.05, 0) is 12.1 Å². The number of hydrogen-bond acceptors (Lipinski definition) is 4. The number of Topliss-reactive ketones (excluding diaryl/α,β-unsaturated/α-hetero) is 1. The summed E-state index contributed by atoms with van der Waals surface area (Å²) in [5.41, 5.74) is 1.76. The summed E-state index contributed by atoms with van der Waals surface area (Å²) in [7, 11) is 0. The number of carboxylic acids is 1. The van der Waals surface area contributed by atoms with E-state index in [1.807, 2.05) is 0 Å². The van der Waals surface area contributed by atoms with E-state index in [9.17, 15) is 9.59 Å². The molecule has 5 nitrogen and oxygen atoms in total. The van der Waals surface area contributed by atoms with Crippen molar-refractivity contribution in [1.82, 2.24) is 4.98 Å². The number of rotatable bonds is 1. The summed E-state index contributed by atoms with van der Waals surface area (Å²) in [5.74, 6) is -1.08. The van der Waals surface area contributed by atoms with Crippen molar-refractivity contribution in [3.63, 3.8) is 0 Å². The van der Waals surface area contributed by atoms with Crippen molar-refractivity contribution in [1.29, 1.82) is 0 Å². The van der Waals surface area contributed by atoms with Gasteiger partial charge in [0.25, 0.3) is 0 Å². The van der Waals surface area contributed by atoms with Gasteiger partial charge in [0, 0.05) is 16.6 Å². The van der Waals surface area contributed by atoms with Gasteiger partial charge in [0.1, 0.15) is 0 Å². The van der Waals surface area contributed by atoms with Gasteiger partial charge in [0.05, 0.1) is 12.1 Å². The first-order chi connectivity index (χ1) is 8.16. The van der Waals surface area contributed by atoms with Gasteiger partial charge in [-0.3, -0.25) is 4.79 Å². The predicted molar refractivity (Wildman–Crippen MR) is 61.5 cm³/mol. The Hall–Kier alpha value is -2.43. The van der Waals surface area contributed by atoms with Crippen LogP contribution in [-0.4, -0.2) is 28.4 Å². The summed E-state index contributed by atoms with van der Waals surface area (Å²) in [6.45, 7) is 0.190. The maximum absolute atomic E-state index is 11.7. The summed E-state index contributed by atoms with van der Waals surface area (Å²) in [6.07, 6.45) is 0. The Morgan fingerprint density at radius 2 is 2.24 bits per heavy atom. The van der Waals surface area contributed by atoms with Gasteiger partial charge in [-0.2, -0.15) is 0 Å². The number of carbonyl (C=O) groups is 2. The second-order valence-corrected chi connectivity index (χ2v) is 3.84. The number of benzene rings is 1. The van der Waals surface area contributed by atoms with Crippen LogP contribution in [0.1, 0.15) is 20.8 Å². The highest BCUT2D eigenvalue weighted by atomic mass is 16.4. The van der Waals surface area contributed by atoms with Crippen LogP contribution in [0.3, 0.4) is 0 Å². The quantitative estimate of drug-likeness (QED) is 0.773. The van der Waals surface area contributed by atoms with E-state index in [4.69, 9.17) is 5.11 Å². The highest BCUT2D eigenvalue weighted by molar-refractivity contribution is 6.16. The van der Waals surface area contributed by atoms with Crippen LogP contribution < -0.4 is 5.32 Å². The van der Waals surface area contributed by atoms with Crippen molar-refractivity contribution < 1.29 is 14.7 Å². The van der Waals surface area contributed by atoms with Crippen LogP contribution in [0, 0.1) is 0 Å². The Kier molecular flexibility index (Phi) is 1.89. The SMILES string of the molecule is O=C(O)c1cc2c3c(cccc3n1)C(=O)CN2. The molecule has 0 saturated heterocycles. The van der Waals surface area contributed by atoms with Crippen molar-refractivity contribution >= 4 is 28.3 Å². The molecule has 1 aromatic carbocycles. The van der Waals surface area contributed by atoms with Crippen molar-refractivity contribution in [3.8, 4) is 0 Å². The number of nitrogens with one attached hydrogen (secondary N) is 1. The first-order valence-electron chi connectivity index (χ1n) is 5.11. The lowest BCUT2D eigenvalue weighted by molar-refractivity contribution is 0.0691. The van der Waals surface area contributed by atoms with E-state index < -0.39 is 5.97 Å². The Balaban J connectivity index is 2.42. The van der Waals surface area contributed by atoms with Crippen LogP contribution >= 0.6 is 0 Å². The minimum absolute atomic E-state index is 0.00650. The summed E-state index contributed by atoms with van der Waals surface area (Å²) < 4.78 is 0.